The number of amides is 1. The van der Waals surface area contributed by atoms with Crippen molar-refractivity contribution in [1.82, 2.24) is 20.4 Å². The molecule has 1 aliphatic rings. The number of hydrogen-bond acceptors (Lipinski definition) is 4. The van der Waals surface area contributed by atoms with E-state index in [-0.39, 0.29) is 23.7 Å². The largest absolute Gasteiger partial charge is 0.384 e. The first kappa shape index (κ1) is 20.4. The maximum absolute atomic E-state index is 12.3. The van der Waals surface area contributed by atoms with Crippen LogP contribution in [0.2, 0.25) is 0 Å². The molecular formula is C19H27ClN4O2. The monoisotopic (exact) mass is 378 g/mol. The van der Waals surface area contributed by atoms with Gasteiger partial charge in [0.1, 0.15) is 0 Å². The summed E-state index contributed by atoms with van der Waals surface area (Å²) in [6, 6.07) is 9.81. The molecule has 1 aromatic heterocycles. The molecule has 142 valence electrons. The van der Waals surface area contributed by atoms with Gasteiger partial charge in [-0.1, -0.05) is 12.1 Å². The third kappa shape index (κ3) is 5.30. The summed E-state index contributed by atoms with van der Waals surface area (Å²) in [5.41, 5.74) is 2.04. The van der Waals surface area contributed by atoms with Crippen LogP contribution in [0.15, 0.2) is 42.7 Å². The van der Waals surface area contributed by atoms with E-state index in [1.165, 1.54) is 0 Å². The Hall–Kier alpha value is -1.89. The number of nitrogens with one attached hydrogen (secondary N) is 2. The molecule has 1 fully saturated rings. The van der Waals surface area contributed by atoms with Crippen LogP contribution in [0.4, 0.5) is 0 Å². The van der Waals surface area contributed by atoms with E-state index in [2.05, 4.69) is 15.7 Å². The van der Waals surface area contributed by atoms with Crippen LogP contribution in [-0.2, 0) is 16.0 Å². The number of piperidine rings is 1. The molecule has 0 aliphatic carbocycles. The Bertz CT molecular complexity index is 662. The van der Waals surface area contributed by atoms with Crippen LogP contribution < -0.4 is 10.6 Å². The molecule has 1 amide bonds. The summed E-state index contributed by atoms with van der Waals surface area (Å²) < 4.78 is 7.20. The number of methoxy groups -OCH3 is 1. The Morgan fingerprint density at radius 1 is 1.31 bits per heavy atom. The Balaban J connectivity index is 0.00000243. The van der Waals surface area contributed by atoms with Gasteiger partial charge in [-0.05, 0) is 49.7 Å². The van der Waals surface area contributed by atoms with Gasteiger partial charge < -0.3 is 15.4 Å². The van der Waals surface area contributed by atoms with Gasteiger partial charge in [-0.2, -0.15) is 5.10 Å². The number of rotatable bonds is 7. The number of nitrogens with zero attached hydrogens (tertiary/aromatic N) is 2. The van der Waals surface area contributed by atoms with Crippen molar-refractivity contribution in [1.29, 1.82) is 0 Å². The van der Waals surface area contributed by atoms with Gasteiger partial charge in [0, 0.05) is 31.5 Å². The number of hydrogen-bond donors (Lipinski definition) is 2. The highest BCUT2D eigenvalue weighted by atomic mass is 35.5. The van der Waals surface area contributed by atoms with Crippen LogP contribution in [0.5, 0.6) is 0 Å². The van der Waals surface area contributed by atoms with Crippen molar-refractivity contribution in [2.24, 2.45) is 5.41 Å². The highest BCUT2D eigenvalue weighted by Gasteiger charge is 2.32. The smallest absolute Gasteiger partial charge is 0.224 e. The molecule has 0 atom stereocenters. The lowest BCUT2D eigenvalue weighted by molar-refractivity contribution is -0.121. The first-order chi connectivity index (χ1) is 12.2. The highest BCUT2D eigenvalue weighted by Crippen LogP contribution is 2.28. The SMILES string of the molecule is COCC1(CNC(=O)Cc2ccc(-n3cccn3)cc2)CCNCC1.Cl. The van der Waals surface area contributed by atoms with Gasteiger partial charge in [0.25, 0.3) is 0 Å². The molecule has 2 heterocycles. The second kappa shape index (κ2) is 9.71. The van der Waals surface area contributed by atoms with Gasteiger partial charge in [0.15, 0.2) is 0 Å². The minimum absolute atomic E-state index is 0. The van der Waals surface area contributed by atoms with E-state index in [9.17, 15) is 4.79 Å². The van der Waals surface area contributed by atoms with Crippen molar-refractivity contribution in [2.75, 3.05) is 33.4 Å². The summed E-state index contributed by atoms with van der Waals surface area (Å²) in [7, 11) is 1.73. The Kier molecular flexibility index (Phi) is 7.63. The van der Waals surface area contributed by atoms with Crippen molar-refractivity contribution < 1.29 is 9.53 Å². The van der Waals surface area contributed by atoms with Crippen molar-refractivity contribution in [2.45, 2.75) is 19.3 Å². The first-order valence-corrected chi connectivity index (χ1v) is 8.76. The average molecular weight is 379 g/mol. The molecule has 7 heteroatoms. The van der Waals surface area contributed by atoms with Crippen molar-refractivity contribution in [3.05, 3.63) is 48.3 Å². The third-order valence-electron chi connectivity index (χ3n) is 4.85. The van der Waals surface area contributed by atoms with Gasteiger partial charge >= 0.3 is 0 Å². The highest BCUT2D eigenvalue weighted by molar-refractivity contribution is 5.85. The van der Waals surface area contributed by atoms with Gasteiger partial charge in [0.05, 0.1) is 18.7 Å². The van der Waals surface area contributed by atoms with Crippen LogP contribution in [0, 0.1) is 5.41 Å². The topological polar surface area (TPSA) is 68.2 Å². The standard InChI is InChI=1S/C19H26N4O2.ClH/c1-25-15-19(7-10-20-11-8-19)14-21-18(24)13-16-3-5-17(6-4-16)23-12-2-9-22-23;/h2-6,9,12,20H,7-8,10-11,13-15H2,1H3,(H,21,24);1H. The van der Waals surface area contributed by atoms with Gasteiger partial charge in [-0.3, -0.25) is 4.79 Å². The number of aromatic nitrogens is 2. The molecule has 0 unspecified atom stereocenters. The summed E-state index contributed by atoms with van der Waals surface area (Å²) >= 11 is 0. The van der Waals surface area contributed by atoms with Gasteiger partial charge in [0.2, 0.25) is 5.91 Å². The van der Waals surface area contributed by atoms with E-state index in [0.717, 1.165) is 37.2 Å². The van der Waals surface area contributed by atoms with Gasteiger partial charge in [-0.15, -0.1) is 12.4 Å². The van der Waals surface area contributed by atoms with Crippen LogP contribution in [-0.4, -0.2) is 49.0 Å². The quantitative estimate of drug-likeness (QED) is 0.773. The van der Waals surface area contributed by atoms with Gasteiger partial charge in [-0.25, -0.2) is 4.68 Å². The lowest BCUT2D eigenvalue weighted by Gasteiger charge is -2.37. The molecular weight excluding hydrogens is 352 g/mol. The zero-order valence-electron chi connectivity index (χ0n) is 15.1. The molecule has 1 aromatic carbocycles. The third-order valence-corrected chi connectivity index (χ3v) is 4.85. The van der Waals surface area contributed by atoms with Crippen LogP contribution in [0.3, 0.4) is 0 Å². The normalized spacial score (nSPS) is 15.9. The number of benzene rings is 1. The lowest BCUT2D eigenvalue weighted by atomic mass is 9.79. The average Bonchev–Trinajstić information content (AvgIpc) is 3.17. The predicted octanol–water partition coefficient (Wildman–Crippen LogP) is 1.97. The number of carbonyl (C=O) groups excluding carboxylic acids is 1. The van der Waals surface area contributed by atoms with E-state index in [1.54, 1.807) is 18.0 Å². The second-order valence-electron chi connectivity index (χ2n) is 6.75. The van der Waals surface area contributed by atoms with Crippen molar-refractivity contribution in [3.63, 3.8) is 0 Å². The minimum Gasteiger partial charge on any atom is -0.384 e. The zero-order chi connectivity index (χ0) is 17.5. The van der Waals surface area contributed by atoms with E-state index < -0.39 is 0 Å². The number of ether oxygens (including phenoxy) is 1. The Labute approximate surface area is 160 Å². The molecule has 0 radical (unpaired) electrons. The summed E-state index contributed by atoms with van der Waals surface area (Å²) in [6.45, 7) is 3.32. The van der Waals surface area contributed by atoms with Crippen LogP contribution in [0.25, 0.3) is 5.69 Å². The zero-order valence-corrected chi connectivity index (χ0v) is 15.9. The second-order valence-corrected chi connectivity index (χ2v) is 6.75. The Morgan fingerprint density at radius 2 is 2.04 bits per heavy atom. The van der Waals surface area contributed by atoms with E-state index in [4.69, 9.17) is 4.74 Å². The molecule has 2 aromatic rings. The summed E-state index contributed by atoms with van der Waals surface area (Å²) in [5.74, 6) is 0.0563. The molecule has 2 N–H and O–H groups in total. The summed E-state index contributed by atoms with van der Waals surface area (Å²) in [6.07, 6.45) is 6.09. The fourth-order valence-corrected chi connectivity index (χ4v) is 3.36. The number of halogens is 1. The molecule has 6 nitrogen and oxygen atoms in total. The lowest BCUT2D eigenvalue weighted by Crippen LogP contribution is -2.47. The van der Waals surface area contributed by atoms with Crippen LogP contribution in [0.1, 0.15) is 18.4 Å². The molecule has 3 rings (SSSR count). The van der Waals surface area contributed by atoms with E-state index in [1.807, 2.05) is 36.5 Å². The maximum atomic E-state index is 12.3. The van der Waals surface area contributed by atoms with E-state index >= 15 is 0 Å². The molecule has 26 heavy (non-hydrogen) atoms. The van der Waals surface area contributed by atoms with Crippen molar-refractivity contribution in [3.8, 4) is 5.69 Å². The molecule has 0 spiro atoms. The molecule has 0 saturated carbocycles. The molecule has 1 aliphatic heterocycles. The van der Waals surface area contributed by atoms with E-state index in [0.29, 0.717) is 19.6 Å². The summed E-state index contributed by atoms with van der Waals surface area (Å²) in [4.78, 5) is 12.3. The molecule has 1 saturated heterocycles. The minimum atomic E-state index is 0. The number of carbonyl (C=O) groups is 1. The van der Waals surface area contributed by atoms with Crippen molar-refractivity contribution >= 4 is 18.3 Å². The predicted molar refractivity (Wildman–Crippen MR) is 104 cm³/mol. The fraction of sp³-hybridized carbons (Fsp3) is 0.474. The maximum Gasteiger partial charge on any atom is 0.224 e. The summed E-state index contributed by atoms with van der Waals surface area (Å²) in [5, 5.41) is 10.7. The van der Waals surface area contributed by atoms with Crippen LogP contribution >= 0.6 is 12.4 Å². The molecule has 0 bridgehead atoms. The fourth-order valence-electron chi connectivity index (χ4n) is 3.36. The Morgan fingerprint density at radius 3 is 2.65 bits per heavy atom. The first-order valence-electron chi connectivity index (χ1n) is 8.76.